The Bertz CT molecular complexity index is 657. The maximum atomic E-state index is 11.7. The Labute approximate surface area is 135 Å². The van der Waals surface area contributed by atoms with Crippen LogP contribution in [-0.4, -0.2) is 25.8 Å². The second-order valence-electron chi connectivity index (χ2n) is 5.56. The van der Waals surface area contributed by atoms with Crippen LogP contribution in [0.3, 0.4) is 0 Å². The molecule has 2 rings (SSSR count). The molecule has 1 amide bonds. The molecule has 0 aromatic carbocycles. The SMILES string of the molecule is CCCCCC(=O)Nc1ncc(/C=C/C(C)c2cnc(N)[nH]2)[nH]1. The van der Waals surface area contributed by atoms with Gasteiger partial charge in [-0.3, -0.25) is 10.1 Å². The maximum Gasteiger partial charge on any atom is 0.226 e. The second-order valence-corrected chi connectivity index (χ2v) is 5.56. The normalized spacial score (nSPS) is 12.6. The van der Waals surface area contributed by atoms with Gasteiger partial charge in [0.1, 0.15) is 0 Å². The molecule has 0 saturated carbocycles. The van der Waals surface area contributed by atoms with Crippen LogP contribution in [0.1, 0.15) is 56.8 Å². The van der Waals surface area contributed by atoms with Crippen molar-refractivity contribution in [2.45, 2.75) is 45.4 Å². The first-order valence-corrected chi connectivity index (χ1v) is 7.92. The number of unbranched alkanes of at least 4 members (excludes halogenated alkanes) is 2. The smallest absolute Gasteiger partial charge is 0.226 e. The number of H-pyrrole nitrogens is 2. The summed E-state index contributed by atoms with van der Waals surface area (Å²) in [6.07, 6.45) is 10.9. The molecule has 0 aliphatic rings. The van der Waals surface area contributed by atoms with Crippen LogP contribution in [-0.2, 0) is 4.79 Å². The van der Waals surface area contributed by atoms with Crippen molar-refractivity contribution in [2.75, 3.05) is 11.1 Å². The standard InChI is InChI=1S/C16H24N6O/c1-3-4-5-6-14(23)22-16-19-9-12(20-16)8-7-11(2)13-10-18-15(17)21-13/h7-11H,3-6H2,1-2H3,(H3,17,18,21)(H2,19,20,22,23)/b8-7+. The number of allylic oxidation sites excluding steroid dienone is 1. The highest BCUT2D eigenvalue weighted by Gasteiger charge is 2.06. The van der Waals surface area contributed by atoms with Crippen LogP contribution in [0.15, 0.2) is 18.5 Å². The van der Waals surface area contributed by atoms with Crippen molar-refractivity contribution in [3.8, 4) is 0 Å². The zero-order chi connectivity index (χ0) is 16.7. The summed E-state index contributed by atoms with van der Waals surface area (Å²) >= 11 is 0. The summed E-state index contributed by atoms with van der Waals surface area (Å²) < 4.78 is 0. The van der Waals surface area contributed by atoms with Crippen LogP contribution in [0.4, 0.5) is 11.9 Å². The van der Waals surface area contributed by atoms with Gasteiger partial charge in [-0.05, 0) is 12.5 Å². The minimum Gasteiger partial charge on any atom is -0.369 e. The van der Waals surface area contributed by atoms with E-state index in [0.29, 0.717) is 18.3 Å². The van der Waals surface area contributed by atoms with Crippen LogP contribution in [0, 0.1) is 0 Å². The number of rotatable bonds is 8. The number of anilines is 2. The lowest BCUT2D eigenvalue weighted by atomic mass is 10.1. The van der Waals surface area contributed by atoms with E-state index in [2.05, 4.69) is 32.2 Å². The molecule has 0 bridgehead atoms. The molecule has 0 saturated heterocycles. The van der Waals surface area contributed by atoms with Crippen LogP contribution < -0.4 is 11.1 Å². The number of hydrogen-bond acceptors (Lipinski definition) is 4. The van der Waals surface area contributed by atoms with Gasteiger partial charge in [0.05, 0.1) is 18.1 Å². The minimum absolute atomic E-state index is 0.00960. The van der Waals surface area contributed by atoms with E-state index in [1.165, 1.54) is 0 Å². The lowest BCUT2D eigenvalue weighted by Gasteiger charge is -2.01. The number of nitrogens with two attached hydrogens (primary N) is 1. The highest BCUT2D eigenvalue weighted by molar-refractivity contribution is 5.89. The van der Waals surface area contributed by atoms with Crippen molar-refractivity contribution < 1.29 is 4.79 Å². The van der Waals surface area contributed by atoms with E-state index in [-0.39, 0.29) is 11.8 Å². The second kappa shape index (κ2) is 8.17. The minimum atomic E-state index is -0.00960. The third-order valence-electron chi connectivity index (χ3n) is 3.53. The molecule has 2 aromatic heterocycles. The van der Waals surface area contributed by atoms with Gasteiger partial charge in [-0.1, -0.05) is 32.8 Å². The summed E-state index contributed by atoms with van der Waals surface area (Å²) in [5.41, 5.74) is 7.34. The molecule has 0 spiro atoms. The molecule has 7 heteroatoms. The topological polar surface area (TPSA) is 112 Å². The molecule has 1 unspecified atom stereocenters. The first-order chi connectivity index (χ1) is 11.1. The number of nitrogens with one attached hydrogen (secondary N) is 3. The number of amides is 1. The Morgan fingerprint density at radius 1 is 1.35 bits per heavy atom. The van der Waals surface area contributed by atoms with Gasteiger partial charge < -0.3 is 15.7 Å². The fourth-order valence-electron chi connectivity index (χ4n) is 2.15. The van der Waals surface area contributed by atoms with Crippen molar-refractivity contribution in [1.82, 2.24) is 19.9 Å². The average Bonchev–Trinajstić information content (AvgIpc) is 3.14. The van der Waals surface area contributed by atoms with E-state index in [1.54, 1.807) is 12.4 Å². The summed E-state index contributed by atoms with van der Waals surface area (Å²) in [6.45, 7) is 4.15. The van der Waals surface area contributed by atoms with Gasteiger partial charge in [0.15, 0.2) is 5.95 Å². The molecule has 0 aliphatic heterocycles. The Balaban J connectivity index is 1.86. The van der Waals surface area contributed by atoms with Gasteiger partial charge in [0, 0.05) is 18.0 Å². The van der Waals surface area contributed by atoms with Crippen molar-refractivity contribution >= 4 is 23.9 Å². The highest BCUT2D eigenvalue weighted by Crippen LogP contribution is 2.16. The predicted molar refractivity (Wildman–Crippen MR) is 91.8 cm³/mol. The van der Waals surface area contributed by atoms with Crippen molar-refractivity contribution in [3.05, 3.63) is 29.9 Å². The van der Waals surface area contributed by atoms with Crippen molar-refractivity contribution in [1.29, 1.82) is 0 Å². The van der Waals surface area contributed by atoms with Gasteiger partial charge in [-0.15, -0.1) is 0 Å². The Morgan fingerprint density at radius 3 is 2.87 bits per heavy atom. The molecule has 0 fully saturated rings. The third kappa shape index (κ3) is 5.28. The molecule has 124 valence electrons. The quantitative estimate of drug-likeness (QED) is 0.561. The number of imidazole rings is 2. The molecule has 7 nitrogen and oxygen atoms in total. The molecule has 2 aromatic rings. The van der Waals surface area contributed by atoms with Gasteiger partial charge in [-0.25, -0.2) is 9.97 Å². The molecule has 0 aliphatic carbocycles. The van der Waals surface area contributed by atoms with Crippen LogP contribution >= 0.6 is 0 Å². The van der Waals surface area contributed by atoms with E-state index in [4.69, 9.17) is 5.73 Å². The van der Waals surface area contributed by atoms with Gasteiger partial charge in [0.2, 0.25) is 11.9 Å². The van der Waals surface area contributed by atoms with Crippen LogP contribution in [0.25, 0.3) is 6.08 Å². The molecule has 5 N–H and O–H groups in total. The Morgan fingerprint density at radius 2 is 2.17 bits per heavy atom. The lowest BCUT2D eigenvalue weighted by molar-refractivity contribution is -0.116. The Hall–Kier alpha value is -2.57. The molecule has 0 radical (unpaired) electrons. The summed E-state index contributed by atoms with van der Waals surface area (Å²) in [4.78, 5) is 25.9. The zero-order valence-corrected chi connectivity index (χ0v) is 13.6. The summed E-state index contributed by atoms with van der Waals surface area (Å²) in [5.74, 6) is 1.03. The number of aromatic nitrogens is 4. The fraction of sp³-hybridized carbons (Fsp3) is 0.438. The summed E-state index contributed by atoms with van der Waals surface area (Å²) in [5, 5.41) is 2.77. The largest absolute Gasteiger partial charge is 0.369 e. The van der Waals surface area contributed by atoms with Crippen molar-refractivity contribution in [3.63, 3.8) is 0 Å². The van der Waals surface area contributed by atoms with Gasteiger partial charge >= 0.3 is 0 Å². The first kappa shape index (κ1) is 16.8. The van der Waals surface area contributed by atoms with E-state index >= 15 is 0 Å². The van der Waals surface area contributed by atoms with E-state index in [9.17, 15) is 4.79 Å². The van der Waals surface area contributed by atoms with E-state index < -0.39 is 0 Å². The maximum absolute atomic E-state index is 11.7. The molecular formula is C16H24N6O. The summed E-state index contributed by atoms with van der Waals surface area (Å²) in [7, 11) is 0. The first-order valence-electron chi connectivity index (χ1n) is 7.92. The zero-order valence-electron chi connectivity index (χ0n) is 13.6. The van der Waals surface area contributed by atoms with Crippen LogP contribution in [0.5, 0.6) is 0 Å². The number of carbonyl (C=O) groups excluding carboxylic acids is 1. The number of nitrogen functional groups attached to an aromatic ring is 1. The molecule has 2 heterocycles. The van der Waals surface area contributed by atoms with Gasteiger partial charge in [0.25, 0.3) is 0 Å². The number of carbonyl (C=O) groups is 1. The van der Waals surface area contributed by atoms with E-state index in [0.717, 1.165) is 30.7 Å². The molecule has 23 heavy (non-hydrogen) atoms. The van der Waals surface area contributed by atoms with Crippen LogP contribution in [0.2, 0.25) is 0 Å². The van der Waals surface area contributed by atoms with Gasteiger partial charge in [-0.2, -0.15) is 0 Å². The van der Waals surface area contributed by atoms with Crippen molar-refractivity contribution in [2.24, 2.45) is 0 Å². The Kier molecular flexibility index (Phi) is 5.96. The van der Waals surface area contributed by atoms with E-state index in [1.807, 2.05) is 19.1 Å². The lowest BCUT2D eigenvalue weighted by Crippen LogP contribution is -2.12. The third-order valence-corrected chi connectivity index (χ3v) is 3.53. The number of nitrogens with zero attached hydrogens (tertiary/aromatic N) is 2. The predicted octanol–water partition coefficient (Wildman–Crippen LogP) is 3.05. The number of hydrogen-bond donors (Lipinski definition) is 4. The molecular weight excluding hydrogens is 292 g/mol. The molecule has 1 atom stereocenters. The fourth-order valence-corrected chi connectivity index (χ4v) is 2.15. The monoisotopic (exact) mass is 316 g/mol. The average molecular weight is 316 g/mol. The summed E-state index contributed by atoms with van der Waals surface area (Å²) in [6, 6.07) is 0. The number of aromatic amines is 2. The highest BCUT2D eigenvalue weighted by atomic mass is 16.1.